The SMILES string of the molecule is CC(C)(CCC(N)=O)Cc1ccc(CNC[N+](C)(C)C)cc1. The average Bonchev–Trinajstić information content (AvgIpc) is 2.37. The number of hydrogen-bond acceptors (Lipinski definition) is 2. The fourth-order valence-corrected chi connectivity index (χ4v) is 2.41. The smallest absolute Gasteiger partial charge is 0.217 e. The number of benzene rings is 1. The lowest BCUT2D eigenvalue weighted by molar-refractivity contribution is -0.873. The third-order valence-corrected chi connectivity index (χ3v) is 3.67. The molecule has 0 radical (unpaired) electrons. The van der Waals surface area contributed by atoms with Crippen molar-refractivity contribution in [2.75, 3.05) is 27.8 Å². The topological polar surface area (TPSA) is 55.1 Å². The molecule has 0 heterocycles. The van der Waals surface area contributed by atoms with Gasteiger partial charge in [-0.05, 0) is 29.4 Å². The summed E-state index contributed by atoms with van der Waals surface area (Å²) in [6.07, 6.45) is 2.25. The second-order valence-corrected chi connectivity index (χ2v) is 8.00. The molecule has 0 unspecified atom stereocenters. The van der Waals surface area contributed by atoms with Crippen LogP contribution in [-0.4, -0.2) is 38.2 Å². The predicted octanol–water partition coefficient (Wildman–Crippen LogP) is 2.27. The molecular weight excluding hydrogens is 274 g/mol. The van der Waals surface area contributed by atoms with E-state index in [0.29, 0.717) is 6.42 Å². The van der Waals surface area contributed by atoms with E-state index in [2.05, 4.69) is 64.6 Å². The third kappa shape index (κ3) is 8.15. The Bertz CT molecular complexity index is 472. The van der Waals surface area contributed by atoms with Gasteiger partial charge in [-0.25, -0.2) is 0 Å². The van der Waals surface area contributed by atoms with E-state index in [9.17, 15) is 4.79 Å². The van der Waals surface area contributed by atoms with Gasteiger partial charge >= 0.3 is 0 Å². The van der Waals surface area contributed by atoms with Gasteiger partial charge in [0.1, 0.15) is 6.67 Å². The summed E-state index contributed by atoms with van der Waals surface area (Å²) in [6, 6.07) is 8.74. The van der Waals surface area contributed by atoms with Crippen molar-refractivity contribution in [3.63, 3.8) is 0 Å². The van der Waals surface area contributed by atoms with E-state index in [1.54, 1.807) is 0 Å². The van der Waals surface area contributed by atoms with Gasteiger partial charge in [0.15, 0.2) is 0 Å². The molecule has 0 aliphatic carbocycles. The molecule has 0 saturated carbocycles. The summed E-state index contributed by atoms with van der Waals surface area (Å²) in [5, 5.41) is 3.46. The Labute approximate surface area is 135 Å². The molecule has 0 aliphatic rings. The van der Waals surface area contributed by atoms with Crippen molar-refractivity contribution in [1.82, 2.24) is 5.32 Å². The molecule has 0 bridgehead atoms. The van der Waals surface area contributed by atoms with E-state index in [1.807, 2.05) is 0 Å². The van der Waals surface area contributed by atoms with Crippen LogP contribution in [-0.2, 0) is 17.8 Å². The number of primary amides is 1. The maximum atomic E-state index is 10.9. The van der Waals surface area contributed by atoms with Crippen molar-refractivity contribution in [1.29, 1.82) is 0 Å². The van der Waals surface area contributed by atoms with Gasteiger partial charge in [0.05, 0.1) is 21.1 Å². The molecule has 0 saturated heterocycles. The van der Waals surface area contributed by atoms with Crippen LogP contribution >= 0.6 is 0 Å². The van der Waals surface area contributed by atoms with Crippen LogP contribution in [0.3, 0.4) is 0 Å². The van der Waals surface area contributed by atoms with Crippen LogP contribution < -0.4 is 11.1 Å². The number of nitrogens with two attached hydrogens (primary N) is 1. The number of rotatable bonds is 9. The highest BCUT2D eigenvalue weighted by Crippen LogP contribution is 2.27. The Kier molecular flexibility index (Phi) is 6.57. The highest BCUT2D eigenvalue weighted by Gasteiger charge is 2.19. The van der Waals surface area contributed by atoms with Gasteiger partial charge in [0.2, 0.25) is 5.91 Å². The maximum absolute atomic E-state index is 10.9. The molecule has 0 spiro atoms. The molecule has 4 nitrogen and oxygen atoms in total. The largest absolute Gasteiger partial charge is 0.370 e. The fraction of sp³-hybridized carbons (Fsp3) is 0.611. The van der Waals surface area contributed by atoms with E-state index in [4.69, 9.17) is 5.73 Å². The van der Waals surface area contributed by atoms with Crippen LogP contribution in [0.25, 0.3) is 0 Å². The molecule has 3 N–H and O–H groups in total. The van der Waals surface area contributed by atoms with Crippen molar-refractivity contribution in [3.05, 3.63) is 35.4 Å². The van der Waals surface area contributed by atoms with Crippen LogP contribution in [0.1, 0.15) is 37.8 Å². The predicted molar refractivity (Wildman–Crippen MR) is 92.1 cm³/mol. The Morgan fingerprint density at radius 2 is 1.68 bits per heavy atom. The van der Waals surface area contributed by atoms with E-state index in [0.717, 1.165) is 30.5 Å². The number of amides is 1. The van der Waals surface area contributed by atoms with Crippen molar-refractivity contribution < 1.29 is 9.28 Å². The summed E-state index contributed by atoms with van der Waals surface area (Å²) in [4.78, 5) is 10.9. The highest BCUT2D eigenvalue weighted by molar-refractivity contribution is 5.73. The van der Waals surface area contributed by atoms with Crippen LogP contribution in [0.15, 0.2) is 24.3 Å². The number of nitrogens with zero attached hydrogens (tertiary/aromatic N) is 1. The molecule has 1 rings (SSSR count). The quantitative estimate of drug-likeness (QED) is 0.543. The zero-order valence-corrected chi connectivity index (χ0v) is 14.8. The molecular formula is C18H32N3O+. The Balaban J connectivity index is 2.49. The molecule has 0 fully saturated rings. The first-order valence-corrected chi connectivity index (χ1v) is 7.95. The van der Waals surface area contributed by atoms with Gasteiger partial charge < -0.3 is 10.2 Å². The summed E-state index contributed by atoms with van der Waals surface area (Å²) in [6.45, 7) is 6.21. The minimum absolute atomic E-state index is 0.0957. The monoisotopic (exact) mass is 306 g/mol. The molecule has 4 heteroatoms. The summed E-state index contributed by atoms with van der Waals surface area (Å²) in [5.74, 6) is -0.216. The first kappa shape index (κ1) is 18.7. The van der Waals surface area contributed by atoms with Gasteiger partial charge in [-0.1, -0.05) is 38.1 Å². The van der Waals surface area contributed by atoms with Crippen LogP contribution in [0.4, 0.5) is 0 Å². The maximum Gasteiger partial charge on any atom is 0.217 e. The molecule has 1 aromatic carbocycles. The van der Waals surface area contributed by atoms with Gasteiger partial charge in [-0.2, -0.15) is 0 Å². The van der Waals surface area contributed by atoms with E-state index in [-0.39, 0.29) is 11.3 Å². The van der Waals surface area contributed by atoms with Crippen molar-refractivity contribution in [2.24, 2.45) is 11.1 Å². The molecule has 0 aromatic heterocycles. The first-order chi connectivity index (χ1) is 10.1. The number of nitrogens with one attached hydrogen (secondary N) is 1. The lowest BCUT2D eigenvalue weighted by atomic mass is 9.81. The van der Waals surface area contributed by atoms with E-state index < -0.39 is 0 Å². The minimum atomic E-state index is -0.216. The number of quaternary nitrogens is 1. The molecule has 124 valence electrons. The number of carbonyl (C=O) groups excluding carboxylic acids is 1. The Morgan fingerprint density at radius 1 is 1.14 bits per heavy atom. The molecule has 0 atom stereocenters. The van der Waals surface area contributed by atoms with Gasteiger partial charge in [-0.15, -0.1) is 0 Å². The standard InChI is InChI=1S/C18H31N3O/c1-18(2,11-10-17(19)22)12-15-6-8-16(9-7-15)13-20-14-21(3,4)5/h6-9,20H,10-14H2,1-5H3,(H-,19,22)/p+1. The summed E-state index contributed by atoms with van der Waals surface area (Å²) in [7, 11) is 6.51. The van der Waals surface area contributed by atoms with Crippen molar-refractivity contribution in [2.45, 2.75) is 39.7 Å². The molecule has 1 amide bonds. The van der Waals surface area contributed by atoms with Crippen molar-refractivity contribution >= 4 is 5.91 Å². The summed E-state index contributed by atoms with van der Waals surface area (Å²) < 4.78 is 0.909. The highest BCUT2D eigenvalue weighted by atomic mass is 16.1. The normalized spacial score (nSPS) is 12.4. The zero-order valence-electron chi connectivity index (χ0n) is 14.8. The zero-order chi connectivity index (χ0) is 16.8. The van der Waals surface area contributed by atoms with Crippen LogP contribution in [0.2, 0.25) is 0 Å². The third-order valence-electron chi connectivity index (χ3n) is 3.67. The second-order valence-electron chi connectivity index (χ2n) is 8.00. The Hall–Kier alpha value is -1.39. The van der Waals surface area contributed by atoms with E-state index in [1.165, 1.54) is 11.1 Å². The molecule has 0 aliphatic heterocycles. The van der Waals surface area contributed by atoms with Gasteiger partial charge in [0.25, 0.3) is 0 Å². The fourth-order valence-electron chi connectivity index (χ4n) is 2.41. The lowest BCUT2D eigenvalue weighted by Crippen LogP contribution is -2.42. The minimum Gasteiger partial charge on any atom is -0.370 e. The van der Waals surface area contributed by atoms with E-state index >= 15 is 0 Å². The van der Waals surface area contributed by atoms with Crippen molar-refractivity contribution in [3.8, 4) is 0 Å². The lowest BCUT2D eigenvalue weighted by Gasteiger charge is -2.25. The van der Waals surface area contributed by atoms with Crippen LogP contribution in [0, 0.1) is 5.41 Å². The van der Waals surface area contributed by atoms with Gasteiger partial charge in [-0.3, -0.25) is 10.1 Å². The number of carbonyl (C=O) groups is 1. The number of hydrogen-bond donors (Lipinski definition) is 2. The first-order valence-electron chi connectivity index (χ1n) is 7.95. The van der Waals surface area contributed by atoms with Gasteiger partial charge in [0, 0.05) is 13.0 Å². The molecule has 22 heavy (non-hydrogen) atoms. The average molecular weight is 306 g/mol. The molecule has 1 aromatic rings. The Morgan fingerprint density at radius 3 is 2.18 bits per heavy atom. The summed E-state index contributed by atoms with van der Waals surface area (Å²) >= 11 is 0. The van der Waals surface area contributed by atoms with Crippen LogP contribution in [0.5, 0.6) is 0 Å². The second kappa shape index (κ2) is 7.75. The summed E-state index contributed by atoms with van der Waals surface area (Å²) in [5.41, 5.74) is 7.95.